The lowest BCUT2D eigenvalue weighted by Crippen LogP contribution is -2.13. The van der Waals surface area contributed by atoms with Gasteiger partial charge in [0.1, 0.15) is 0 Å². The molecule has 0 spiro atoms. The minimum Gasteiger partial charge on any atom is -0.381 e. The van der Waals surface area contributed by atoms with Crippen molar-refractivity contribution >= 4 is 11.9 Å². The van der Waals surface area contributed by atoms with Crippen molar-refractivity contribution in [2.45, 2.75) is 30.2 Å². The van der Waals surface area contributed by atoms with Crippen LogP contribution in [-0.2, 0) is 11.3 Å². The van der Waals surface area contributed by atoms with Gasteiger partial charge in [0.25, 0.3) is 0 Å². The van der Waals surface area contributed by atoms with Gasteiger partial charge >= 0.3 is 0 Å². The number of ether oxygens (including phenoxy) is 1. The third kappa shape index (κ3) is 4.30. The fourth-order valence-electron chi connectivity index (χ4n) is 2.54. The van der Waals surface area contributed by atoms with Crippen LogP contribution in [0.15, 0.2) is 53.7 Å². The topological polar surface area (TPSA) is 34.1 Å². The Morgan fingerprint density at radius 2 is 1.76 bits per heavy atom. The summed E-state index contributed by atoms with van der Waals surface area (Å²) in [6, 6.07) is 13.0. The summed E-state index contributed by atoms with van der Waals surface area (Å²) in [5.41, 5.74) is 2.69. The molecule has 0 aliphatic carbocycles. The van der Waals surface area contributed by atoms with E-state index in [1.807, 2.05) is 24.5 Å². The molecule has 1 aromatic carbocycles. The molecule has 4 heteroatoms. The second-order valence-electron chi connectivity index (χ2n) is 5.23. The first-order chi connectivity index (χ1) is 10.4. The first kappa shape index (κ1) is 14.6. The lowest BCUT2D eigenvalue weighted by atomic mass is 9.92. The van der Waals surface area contributed by atoms with E-state index in [2.05, 4.69) is 34.0 Å². The van der Waals surface area contributed by atoms with Gasteiger partial charge in [0.2, 0.25) is 0 Å². The van der Waals surface area contributed by atoms with Crippen LogP contribution in [0, 0.1) is 0 Å². The highest BCUT2D eigenvalue weighted by molar-refractivity contribution is 7.97. The normalized spacial score (nSPS) is 16.0. The molecule has 0 bridgehead atoms. The highest BCUT2D eigenvalue weighted by Gasteiger charge is 2.15. The number of nitrogens with zero attached hydrogens (tertiary/aromatic N) is 1. The predicted octanol–water partition coefficient (Wildman–Crippen LogP) is 3.77. The van der Waals surface area contributed by atoms with Crippen LogP contribution >= 0.6 is 11.9 Å². The van der Waals surface area contributed by atoms with Crippen molar-refractivity contribution in [1.29, 1.82) is 0 Å². The Bertz CT molecular complexity index is 538. The third-order valence-electron chi connectivity index (χ3n) is 3.79. The summed E-state index contributed by atoms with van der Waals surface area (Å²) in [4.78, 5) is 5.27. The van der Waals surface area contributed by atoms with Crippen molar-refractivity contribution in [1.82, 2.24) is 9.71 Å². The van der Waals surface area contributed by atoms with Gasteiger partial charge in [-0.05, 0) is 66.1 Å². The molecule has 1 N–H and O–H groups in total. The van der Waals surface area contributed by atoms with Gasteiger partial charge in [-0.1, -0.05) is 12.1 Å². The summed E-state index contributed by atoms with van der Waals surface area (Å²) in [6.45, 7) is 2.64. The van der Waals surface area contributed by atoms with Gasteiger partial charge in [-0.25, -0.2) is 0 Å². The number of hydrogen-bond donors (Lipinski definition) is 1. The zero-order valence-corrected chi connectivity index (χ0v) is 12.8. The SMILES string of the molecule is c1cc(CNSc2ccc(C3CCOCC3)cc2)ccn1. The summed E-state index contributed by atoms with van der Waals surface area (Å²) >= 11 is 1.68. The average molecular weight is 300 g/mol. The molecular weight excluding hydrogens is 280 g/mol. The van der Waals surface area contributed by atoms with E-state index < -0.39 is 0 Å². The van der Waals surface area contributed by atoms with Gasteiger partial charge in [0.05, 0.1) is 0 Å². The van der Waals surface area contributed by atoms with E-state index in [0.29, 0.717) is 5.92 Å². The summed E-state index contributed by atoms with van der Waals surface area (Å²) in [5, 5.41) is 0. The standard InChI is InChI=1S/C17H20N2OS/c1-3-17(21-19-13-14-5-9-18-10-6-14)4-2-15(1)16-7-11-20-12-8-16/h1-6,9-10,16,19H,7-8,11-13H2. The molecule has 1 aliphatic rings. The second kappa shape index (κ2) is 7.59. The minimum absolute atomic E-state index is 0.669. The number of hydrogen-bond acceptors (Lipinski definition) is 4. The van der Waals surface area contributed by atoms with Gasteiger partial charge < -0.3 is 4.74 Å². The van der Waals surface area contributed by atoms with Crippen LogP contribution in [0.2, 0.25) is 0 Å². The molecule has 1 saturated heterocycles. The van der Waals surface area contributed by atoms with Crippen molar-refractivity contribution in [3.63, 3.8) is 0 Å². The molecule has 0 radical (unpaired) electrons. The molecule has 0 atom stereocenters. The molecule has 0 amide bonds. The maximum Gasteiger partial charge on any atom is 0.0471 e. The third-order valence-corrected chi connectivity index (χ3v) is 4.59. The summed E-state index contributed by atoms with van der Waals surface area (Å²) in [7, 11) is 0. The Morgan fingerprint density at radius 1 is 1.05 bits per heavy atom. The number of nitrogens with one attached hydrogen (secondary N) is 1. The van der Waals surface area contributed by atoms with Crippen molar-refractivity contribution in [2.24, 2.45) is 0 Å². The lowest BCUT2D eigenvalue weighted by molar-refractivity contribution is 0.0853. The van der Waals surface area contributed by atoms with Crippen molar-refractivity contribution in [3.05, 3.63) is 59.9 Å². The van der Waals surface area contributed by atoms with Crippen LogP contribution in [0.3, 0.4) is 0 Å². The molecule has 3 rings (SSSR count). The molecule has 2 heterocycles. The Morgan fingerprint density at radius 3 is 2.48 bits per heavy atom. The van der Waals surface area contributed by atoms with Gasteiger partial charge in [0, 0.05) is 37.0 Å². The Balaban J connectivity index is 1.50. The van der Waals surface area contributed by atoms with Gasteiger partial charge in [0.15, 0.2) is 0 Å². The van der Waals surface area contributed by atoms with Crippen LogP contribution in [0.4, 0.5) is 0 Å². The van der Waals surface area contributed by atoms with Crippen molar-refractivity contribution in [2.75, 3.05) is 13.2 Å². The fraction of sp³-hybridized carbons (Fsp3) is 0.353. The minimum atomic E-state index is 0.669. The molecule has 110 valence electrons. The molecule has 0 unspecified atom stereocenters. The number of rotatable bonds is 5. The summed E-state index contributed by atoms with van der Waals surface area (Å²) in [5.74, 6) is 0.669. The van der Waals surface area contributed by atoms with Crippen LogP contribution in [0.5, 0.6) is 0 Å². The Kier molecular flexibility index (Phi) is 5.27. The molecule has 21 heavy (non-hydrogen) atoms. The maximum atomic E-state index is 5.42. The average Bonchev–Trinajstić information content (AvgIpc) is 2.57. The fourth-order valence-corrected chi connectivity index (χ4v) is 3.22. The van der Waals surface area contributed by atoms with E-state index >= 15 is 0 Å². The predicted molar refractivity (Wildman–Crippen MR) is 86.2 cm³/mol. The number of benzene rings is 1. The monoisotopic (exact) mass is 300 g/mol. The van der Waals surface area contributed by atoms with Gasteiger partial charge in [-0.3, -0.25) is 9.71 Å². The molecular formula is C17H20N2OS. The van der Waals surface area contributed by atoms with Crippen LogP contribution in [0.25, 0.3) is 0 Å². The van der Waals surface area contributed by atoms with E-state index in [-0.39, 0.29) is 0 Å². The Labute approximate surface area is 130 Å². The van der Waals surface area contributed by atoms with Crippen LogP contribution in [0.1, 0.15) is 29.9 Å². The summed E-state index contributed by atoms with van der Waals surface area (Å²) in [6.07, 6.45) is 5.94. The van der Waals surface area contributed by atoms with Gasteiger partial charge in [-0.15, -0.1) is 0 Å². The van der Waals surface area contributed by atoms with Crippen molar-refractivity contribution in [3.8, 4) is 0 Å². The smallest absolute Gasteiger partial charge is 0.0471 e. The van der Waals surface area contributed by atoms with E-state index in [1.54, 1.807) is 11.9 Å². The number of aromatic nitrogens is 1. The van der Waals surface area contributed by atoms with E-state index in [1.165, 1.54) is 16.0 Å². The Hall–Kier alpha value is -1.36. The molecule has 1 aliphatic heterocycles. The van der Waals surface area contributed by atoms with Crippen LogP contribution in [-0.4, -0.2) is 18.2 Å². The van der Waals surface area contributed by atoms with Gasteiger partial charge in [-0.2, -0.15) is 0 Å². The largest absolute Gasteiger partial charge is 0.381 e. The zero-order chi connectivity index (χ0) is 14.3. The number of pyridine rings is 1. The first-order valence-corrected chi connectivity index (χ1v) is 8.20. The summed E-state index contributed by atoms with van der Waals surface area (Å²) < 4.78 is 8.81. The van der Waals surface area contributed by atoms with E-state index in [9.17, 15) is 0 Å². The molecule has 2 aromatic rings. The lowest BCUT2D eigenvalue weighted by Gasteiger charge is -2.22. The van der Waals surface area contributed by atoms with Crippen LogP contribution < -0.4 is 4.72 Å². The van der Waals surface area contributed by atoms with E-state index in [0.717, 1.165) is 32.6 Å². The highest BCUT2D eigenvalue weighted by Crippen LogP contribution is 2.28. The molecule has 3 nitrogen and oxygen atoms in total. The van der Waals surface area contributed by atoms with E-state index in [4.69, 9.17) is 4.74 Å². The zero-order valence-electron chi connectivity index (χ0n) is 12.0. The molecule has 0 saturated carbocycles. The molecule has 1 fully saturated rings. The first-order valence-electron chi connectivity index (χ1n) is 7.38. The maximum absolute atomic E-state index is 5.42. The second-order valence-corrected chi connectivity index (χ2v) is 6.20. The van der Waals surface area contributed by atoms with Crippen molar-refractivity contribution < 1.29 is 4.74 Å². The quantitative estimate of drug-likeness (QED) is 0.852. The highest BCUT2D eigenvalue weighted by atomic mass is 32.2. The molecule has 1 aromatic heterocycles.